The molecule has 6 heteroatoms. The van der Waals surface area contributed by atoms with E-state index in [-0.39, 0.29) is 4.90 Å². The minimum atomic E-state index is -3.65. The van der Waals surface area contributed by atoms with Gasteiger partial charge in [0.05, 0.1) is 4.90 Å². The fourth-order valence-electron chi connectivity index (χ4n) is 1.32. The predicted octanol–water partition coefficient (Wildman–Crippen LogP) is 0.234. The molecule has 0 spiro atoms. The third-order valence-corrected chi connectivity index (χ3v) is 3.03. The maximum absolute atomic E-state index is 11.1. The lowest BCUT2D eigenvalue weighted by Gasteiger charge is -2.10. The first kappa shape index (κ1) is 13.0. The van der Waals surface area contributed by atoms with Crippen LogP contribution in [-0.4, -0.2) is 21.6 Å². The van der Waals surface area contributed by atoms with Crippen molar-refractivity contribution in [2.24, 2.45) is 10.9 Å². The van der Waals surface area contributed by atoms with Crippen LogP contribution in [0.3, 0.4) is 0 Å². The number of rotatable bonds is 5. The van der Waals surface area contributed by atoms with Crippen LogP contribution in [0.15, 0.2) is 23.1 Å². The highest BCUT2D eigenvalue weighted by Crippen LogP contribution is 2.22. The van der Waals surface area contributed by atoms with E-state index < -0.39 is 10.0 Å². The van der Waals surface area contributed by atoms with E-state index in [1.807, 2.05) is 6.92 Å². The lowest BCUT2D eigenvalue weighted by atomic mass is 10.1. The van der Waals surface area contributed by atoms with Crippen LogP contribution in [0.2, 0.25) is 0 Å². The molecule has 1 aromatic rings. The number of benzene rings is 1. The lowest BCUT2D eigenvalue weighted by Crippen LogP contribution is -2.14. The van der Waals surface area contributed by atoms with E-state index in [1.54, 1.807) is 6.07 Å². The zero-order valence-corrected chi connectivity index (χ0v) is 9.96. The van der Waals surface area contributed by atoms with Crippen molar-refractivity contribution in [2.45, 2.75) is 18.2 Å². The Balaban J connectivity index is 3.07. The fourth-order valence-corrected chi connectivity index (χ4v) is 1.88. The van der Waals surface area contributed by atoms with Crippen LogP contribution in [0.4, 0.5) is 0 Å². The Bertz CT molecular complexity index is 457. The van der Waals surface area contributed by atoms with Crippen LogP contribution >= 0.6 is 0 Å². The van der Waals surface area contributed by atoms with Gasteiger partial charge in [-0.3, -0.25) is 0 Å². The number of hydrogen-bond acceptors (Lipinski definition) is 4. The molecule has 0 saturated carbocycles. The van der Waals surface area contributed by atoms with Crippen molar-refractivity contribution in [3.05, 3.63) is 23.8 Å². The zero-order valence-electron chi connectivity index (χ0n) is 9.14. The standard InChI is InChI=1S/C10H16N2O3S/c1-2-8-7-9(16(12,13)14)3-4-10(8)15-6-5-11/h3-4,7H,2,5-6,11H2,1H3,(H2,12,13,14). The summed E-state index contributed by atoms with van der Waals surface area (Å²) in [6.07, 6.45) is 0.670. The molecule has 0 aromatic heterocycles. The van der Waals surface area contributed by atoms with Crippen LogP contribution in [0, 0.1) is 0 Å². The molecule has 0 aliphatic rings. The highest BCUT2D eigenvalue weighted by molar-refractivity contribution is 7.89. The van der Waals surface area contributed by atoms with Gasteiger partial charge < -0.3 is 10.5 Å². The molecule has 1 aromatic carbocycles. The zero-order chi connectivity index (χ0) is 12.2. The van der Waals surface area contributed by atoms with Gasteiger partial charge in [0.2, 0.25) is 10.0 Å². The molecule has 0 unspecified atom stereocenters. The number of sulfonamides is 1. The molecular formula is C10H16N2O3S. The molecule has 90 valence electrons. The summed E-state index contributed by atoms with van der Waals surface area (Å²) in [7, 11) is -3.65. The van der Waals surface area contributed by atoms with Crippen LogP contribution in [0.1, 0.15) is 12.5 Å². The number of nitrogens with two attached hydrogens (primary N) is 2. The minimum Gasteiger partial charge on any atom is -0.492 e. The normalized spacial score (nSPS) is 11.4. The highest BCUT2D eigenvalue weighted by Gasteiger charge is 2.11. The summed E-state index contributed by atoms with van der Waals surface area (Å²) in [4.78, 5) is 0.101. The van der Waals surface area contributed by atoms with Crippen LogP contribution in [-0.2, 0) is 16.4 Å². The summed E-state index contributed by atoms with van der Waals surface area (Å²) in [5, 5.41) is 5.04. The second kappa shape index (κ2) is 5.29. The topological polar surface area (TPSA) is 95.4 Å². The van der Waals surface area contributed by atoms with Crippen molar-refractivity contribution < 1.29 is 13.2 Å². The summed E-state index contributed by atoms with van der Waals surface area (Å²) < 4.78 is 27.7. The molecule has 0 fully saturated rings. The number of hydrogen-bond donors (Lipinski definition) is 2. The smallest absolute Gasteiger partial charge is 0.238 e. The van der Waals surface area contributed by atoms with Crippen LogP contribution in [0.25, 0.3) is 0 Å². The van der Waals surface area contributed by atoms with Gasteiger partial charge in [-0.1, -0.05) is 6.92 Å². The highest BCUT2D eigenvalue weighted by atomic mass is 32.2. The van der Waals surface area contributed by atoms with E-state index in [4.69, 9.17) is 15.6 Å². The van der Waals surface area contributed by atoms with Crippen molar-refractivity contribution in [1.29, 1.82) is 0 Å². The van der Waals surface area contributed by atoms with E-state index in [9.17, 15) is 8.42 Å². The van der Waals surface area contributed by atoms with Crippen molar-refractivity contribution in [3.8, 4) is 5.75 Å². The largest absolute Gasteiger partial charge is 0.492 e. The van der Waals surface area contributed by atoms with E-state index >= 15 is 0 Å². The lowest BCUT2D eigenvalue weighted by molar-refractivity contribution is 0.325. The summed E-state index contributed by atoms with van der Waals surface area (Å²) in [5.41, 5.74) is 6.13. The SMILES string of the molecule is CCc1cc(S(N)(=O)=O)ccc1OCCN. The molecule has 0 amide bonds. The summed E-state index contributed by atoms with van der Waals surface area (Å²) in [5.74, 6) is 0.653. The molecule has 0 aliphatic heterocycles. The first-order valence-electron chi connectivity index (χ1n) is 4.97. The van der Waals surface area contributed by atoms with Gasteiger partial charge in [0.25, 0.3) is 0 Å². The molecule has 0 aliphatic carbocycles. The van der Waals surface area contributed by atoms with Gasteiger partial charge in [-0.2, -0.15) is 0 Å². The molecular weight excluding hydrogens is 228 g/mol. The van der Waals surface area contributed by atoms with Crippen molar-refractivity contribution in [1.82, 2.24) is 0 Å². The second-order valence-electron chi connectivity index (χ2n) is 3.31. The molecule has 0 heterocycles. The first-order chi connectivity index (χ1) is 7.49. The van der Waals surface area contributed by atoms with Gasteiger partial charge in [0, 0.05) is 6.54 Å². The van der Waals surface area contributed by atoms with E-state index in [2.05, 4.69) is 0 Å². The Hall–Kier alpha value is -1.11. The maximum atomic E-state index is 11.1. The van der Waals surface area contributed by atoms with Gasteiger partial charge in [0.15, 0.2) is 0 Å². The van der Waals surface area contributed by atoms with E-state index in [1.165, 1.54) is 12.1 Å². The number of ether oxygens (including phenoxy) is 1. The molecule has 0 saturated heterocycles. The molecule has 0 bridgehead atoms. The van der Waals surface area contributed by atoms with Gasteiger partial charge in [-0.25, -0.2) is 13.6 Å². The first-order valence-corrected chi connectivity index (χ1v) is 6.52. The summed E-state index contributed by atoms with van der Waals surface area (Å²) >= 11 is 0. The van der Waals surface area contributed by atoms with Crippen molar-refractivity contribution in [2.75, 3.05) is 13.2 Å². The average molecular weight is 244 g/mol. The number of primary sulfonamides is 1. The molecule has 1 rings (SSSR count). The minimum absolute atomic E-state index is 0.101. The molecule has 0 atom stereocenters. The van der Waals surface area contributed by atoms with Gasteiger partial charge in [-0.05, 0) is 30.2 Å². The average Bonchev–Trinajstić information content (AvgIpc) is 2.24. The van der Waals surface area contributed by atoms with Crippen molar-refractivity contribution in [3.63, 3.8) is 0 Å². The molecule has 4 N–H and O–H groups in total. The Kier molecular flexibility index (Phi) is 4.28. The Labute approximate surface area is 95.4 Å². The Morgan fingerprint density at radius 3 is 2.56 bits per heavy atom. The van der Waals surface area contributed by atoms with Crippen LogP contribution in [0.5, 0.6) is 5.75 Å². The molecule has 0 radical (unpaired) electrons. The quantitative estimate of drug-likeness (QED) is 0.775. The van der Waals surface area contributed by atoms with Crippen molar-refractivity contribution >= 4 is 10.0 Å². The van der Waals surface area contributed by atoms with E-state index in [0.717, 1.165) is 5.56 Å². The monoisotopic (exact) mass is 244 g/mol. The summed E-state index contributed by atoms with van der Waals surface area (Å²) in [6, 6.07) is 4.57. The molecule has 16 heavy (non-hydrogen) atoms. The van der Waals surface area contributed by atoms with Crippen LogP contribution < -0.4 is 15.6 Å². The van der Waals surface area contributed by atoms with Gasteiger partial charge >= 0.3 is 0 Å². The Morgan fingerprint density at radius 2 is 2.06 bits per heavy atom. The summed E-state index contributed by atoms with van der Waals surface area (Å²) in [6.45, 7) is 2.74. The molecule has 5 nitrogen and oxygen atoms in total. The third-order valence-electron chi connectivity index (χ3n) is 2.12. The fraction of sp³-hybridized carbons (Fsp3) is 0.400. The maximum Gasteiger partial charge on any atom is 0.238 e. The third kappa shape index (κ3) is 3.19. The second-order valence-corrected chi connectivity index (χ2v) is 4.87. The predicted molar refractivity (Wildman–Crippen MR) is 61.7 cm³/mol. The Morgan fingerprint density at radius 1 is 1.38 bits per heavy atom. The van der Waals surface area contributed by atoms with E-state index in [0.29, 0.717) is 25.3 Å². The number of aryl methyl sites for hydroxylation is 1. The van der Waals surface area contributed by atoms with Gasteiger partial charge in [-0.15, -0.1) is 0 Å². The van der Waals surface area contributed by atoms with Gasteiger partial charge in [0.1, 0.15) is 12.4 Å².